The van der Waals surface area contributed by atoms with Gasteiger partial charge in [-0.25, -0.2) is 0 Å². The van der Waals surface area contributed by atoms with Crippen LogP contribution >= 0.6 is 0 Å². The van der Waals surface area contributed by atoms with Crippen LogP contribution in [0.4, 0.5) is 0 Å². The van der Waals surface area contributed by atoms with Crippen LogP contribution in [0.15, 0.2) is 24.4 Å². The smallest absolute Gasteiger partial charge is 0.317 e. The van der Waals surface area contributed by atoms with Crippen molar-refractivity contribution in [2.24, 2.45) is 5.92 Å². The number of pyridine rings is 1. The summed E-state index contributed by atoms with van der Waals surface area (Å²) < 4.78 is 0. The third-order valence-electron chi connectivity index (χ3n) is 3.72. The Morgan fingerprint density at radius 1 is 1.50 bits per heavy atom. The highest BCUT2D eigenvalue weighted by molar-refractivity contribution is 5.68. The van der Waals surface area contributed by atoms with Crippen LogP contribution < -0.4 is 5.32 Å². The minimum Gasteiger partial charge on any atom is -0.480 e. The van der Waals surface area contributed by atoms with Crippen molar-refractivity contribution >= 4 is 5.97 Å². The van der Waals surface area contributed by atoms with E-state index in [1.807, 2.05) is 18.3 Å². The van der Waals surface area contributed by atoms with Crippen LogP contribution in [0.1, 0.15) is 18.5 Å². The number of carboxylic acids is 1. The predicted molar refractivity (Wildman–Crippen MR) is 77.6 cm³/mol. The third kappa shape index (κ3) is 5.27. The number of carbonyl (C=O) groups is 1. The van der Waals surface area contributed by atoms with Gasteiger partial charge in [-0.15, -0.1) is 0 Å². The predicted octanol–water partition coefficient (Wildman–Crippen LogP) is 1.01. The second-order valence-corrected chi connectivity index (χ2v) is 5.40. The number of rotatable bonds is 7. The van der Waals surface area contributed by atoms with Gasteiger partial charge in [0.05, 0.1) is 6.54 Å². The minimum absolute atomic E-state index is 0.0600. The van der Waals surface area contributed by atoms with E-state index in [1.165, 1.54) is 12.8 Å². The van der Waals surface area contributed by atoms with Crippen molar-refractivity contribution in [3.8, 4) is 0 Å². The molecule has 5 nitrogen and oxygen atoms in total. The summed E-state index contributed by atoms with van der Waals surface area (Å²) >= 11 is 0. The van der Waals surface area contributed by atoms with E-state index in [0.29, 0.717) is 5.92 Å². The van der Waals surface area contributed by atoms with Crippen LogP contribution in [0.25, 0.3) is 0 Å². The molecule has 1 aliphatic heterocycles. The fourth-order valence-electron chi connectivity index (χ4n) is 2.72. The van der Waals surface area contributed by atoms with E-state index in [9.17, 15) is 4.79 Å². The number of nitrogens with zero attached hydrogens (tertiary/aromatic N) is 2. The van der Waals surface area contributed by atoms with E-state index in [0.717, 1.165) is 38.3 Å². The number of carboxylic acid groups (broad SMARTS) is 1. The molecule has 20 heavy (non-hydrogen) atoms. The van der Waals surface area contributed by atoms with Gasteiger partial charge in [0, 0.05) is 31.4 Å². The summed E-state index contributed by atoms with van der Waals surface area (Å²) in [4.78, 5) is 17.3. The Morgan fingerprint density at radius 3 is 3.15 bits per heavy atom. The first-order valence-corrected chi connectivity index (χ1v) is 7.29. The second kappa shape index (κ2) is 7.97. The van der Waals surface area contributed by atoms with Crippen molar-refractivity contribution in [2.75, 3.05) is 32.7 Å². The van der Waals surface area contributed by atoms with Crippen molar-refractivity contribution in [2.45, 2.75) is 19.3 Å². The lowest BCUT2D eigenvalue weighted by Crippen LogP contribution is -2.41. The van der Waals surface area contributed by atoms with Gasteiger partial charge in [-0.1, -0.05) is 6.07 Å². The molecule has 1 aromatic rings. The molecule has 1 saturated heterocycles. The Kier molecular flexibility index (Phi) is 5.95. The van der Waals surface area contributed by atoms with E-state index >= 15 is 0 Å². The first-order valence-electron chi connectivity index (χ1n) is 7.29. The summed E-state index contributed by atoms with van der Waals surface area (Å²) in [5.74, 6) is -0.223. The molecular formula is C15H23N3O2. The molecule has 2 heterocycles. The summed E-state index contributed by atoms with van der Waals surface area (Å²) in [6, 6.07) is 6.03. The van der Waals surface area contributed by atoms with Crippen LogP contribution in [0.3, 0.4) is 0 Å². The lowest BCUT2D eigenvalue weighted by molar-refractivity contribution is -0.136. The first-order chi connectivity index (χ1) is 9.74. The topological polar surface area (TPSA) is 65.5 Å². The standard InChI is InChI=1S/C15H23N3O2/c19-15(20)11-16-10-13-4-3-8-18(12-13)9-6-14-5-1-2-7-17-14/h1-2,5,7,13,16H,3-4,6,8-12H2,(H,19,20). The molecule has 0 saturated carbocycles. The molecule has 0 amide bonds. The Morgan fingerprint density at radius 2 is 2.40 bits per heavy atom. The summed E-state index contributed by atoms with van der Waals surface area (Å²) in [6.45, 7) is 4.09. The first kappa shape index (κ1) is 14.9. The summed E-state index contributed by atoms with van der Waals surface area (Å²) in [7, 11) is 0. The van der Waals surface area contributed by atoms with Crippen molar-refractivity contribution in [3.63, 3.8) is 0 Å². The van der Waals surface area contributed by atoms with Crippen molar-refractivity contribution in [1.29, 1.82) is 0 Å². The Bertz CT molecular complexity index is 411. The average molecular weight is 277 g/mol. The molecule has 1 fully saturated rings. The van der Waals surface area contributed by atoms with E-state index in [1.54, 1.807) is 0 Å². The molecule has 1 unspecified atom stereocenters. The van der Waals surface area contributed by atoms with Crippen LogP contribution in [0.5, 0.6) is 0 Å². The molecule has 0 bridgehead atoms. The van der Waals surface area contributed by atoms with Gasteiger partial charge in [0.1, 0.15) is 0 Å². The molecule has 1 aromatic heterocycles. The zero-order valence-electron chi connectivity index (χ0n) is 11.8. The number of hydrogen-bond acceptors (Lipinski definition) is 4. The summed E-state index contributed by atoms with van der Waals surface area (Å²) in [6.07, 6.45) is 5.20. The fraction of sp³-hybridized carbons (Fsp3) is 0.600. The second-order valence-electron chi connectivity index (χ2n) is 5.40. The lowest BCUT2D eigenvalue weighted by Gasteiger charge is -2.32. The number of hydrogen-bond donors (Lipinski definition) is 2. The monoisotopic (exact) mass is 277 g/mol. The molecule has 0 radical (unpaired) electrons. The molecule has 1 aliphatic rings. The number of aliphatic carboxylic acids is 1. The van der Waals surface area contributed by atoms with E-state index in [4.69, 9.17) is 5.11 Å². The maximum Gasteiger partial charge on any atom is 0.317 e. The van der Waals surface area contributed by atoms with Crippen LogP contribution in [-0.4, -0.2) is 53.7 Å². The Labute approximate surface area is 120 Å². The van der Waals surface area contributed by atoms with Gasteiger partial charge in [0.15, 0.2) is 0 Å². The molecule has 0 aliphatic carbocycles. The molecule has 0 aromatic carbocycles. The largest absolute Gasteiger partial charge is 0.480 e. The van der Waals surface area contributed by atoms with Crippen molar-refractivity contribution in [3.05, 3.63) is 30.1 Å². The highest BCUT2D eigenvalue weighted by Crippen LogP contribution is 2.15. The number of piperidine rings is 1. The molecule has 2 N–H and O–H groups in total. The lowest BCUT2D eigenvalue weighted by atomic mass is 9.97. The molecule has 2 rings (SSSR count). The van der Waals surface area contributed by atoms with Gasteiger partial charge in [-0.3, -0.25) is 9.78 Å². The maximum atomic E-state index is 10.5. The van der Waals surface area contributed by atoms with E-state index < -0.39 is 5.97 Å². The zero-order chi connectivity index (χ0) is 14.2. The molecule has 0 spiro atoms. The van der Waals surface area contributed by atoms with Crippen LogP contribution in [0, 0.1) is 5.92 Å². The quantitative estimate of drug-likeness (QED) is 0.778. The maximum absolute atomic E-state index is 10.5. The average Bonchev–Trinajstić information content (AvgIpc) is 2.46. The van der Waals surface area contributed by atoms with E-state index in [-0.39, 0.29) is 6.54 Å². The van der Waals surface area contributed by atoms with Crippen molar-refractivity contribution < 1.29 is 9.90 Å². The van der Waals surface area contributed by atoms with Gasteiger partial charge in [0.2, 0.25) is 0 Å². The summed E-state index contributed by atoms with van der Waals surface area (Å²) in [5.41, 5.74) is 1.14. The van der Waals surface area contributed by atoms with Crippen LogP contribution in [-0.2, 0) is 11.2 Å². The SMILES string of the molecule is O=C(O)CNCC1CCCN(CCc2ccccn2)C1. The summed E-state index contributed by atoms with van der Waals surface area (Å²) in [5, 5.41) is 11.6. The minimum atomic E-state index is -0.784. The Hall–Kier alpha value is -1.46. The van der Waals surface area contributed by atoms with Gasteiger partial charge >= 0.3 is 5.97 Å². The highest BCUT2D eigenvalue weighted by Gasteiger charge is 2.19. The number of nitrogens with one attached hydrogen (secondary N) is 1. The third-order valence-corrected chi connectivity index (χ3v) is 3.72. The Balaban J connectivity index is 1.69. The number of aromatic nitrogens is 1. The molecule has 110 valence electrons. The van der Waals surface area contributed by atoms with E-state index in [2.05, 4.69) is 21.3 Å². The van der Waals surface area contributed by atoms with Crippen LogP contribution in [0.2, 0.25) is 0 Å². The van der Waals surface area contributed by atoms with Gasteiger partial charge in [-0.05, 0) is 44.0 Å². The normalized spacial score (nSPS) is 19.9. The van der Waals surface area contributed by atoms with Gasteiger partial charge < -0.3 is 15.3 Å². The highest BCUT2D eigenvalue weighted by atomic mass is 16.4. The number of likely N-dealkylation sites (tertiary alicyclic amines) is 1. The molecule has 1 atom stereocenters. The van der Waals surface area contributed by atoms with Gasteiger partial charge in [0.25, 0.3) is 0 Å². The molecule has 5 heteroatoms. The fourth-order valence-corrected chi connectivity index (χ4v) is 2.72. The van der Waals surface area contributed by atoms with Crippen molar-refractivity contribution in [1.82, 2.24) is 15.2 Å². The molecular weight excluding hydrogens is 254 g/mol. The van der Waals surface area contributed by atoms with Gasteiger partial charge in [-0.2, -0.15) is 0 Å². The zero-order valence-corrected chi connectivity index (χ0v) is 11.8.